The second kappa shape index (κ2) is 11.3. The molecular weight excluding hydrogens is 493 g/mol. The highest BCUT2D eigenvalue weighted by Gasteiger charge is 2.30. The van der Waals surface area contributed by atoms with Gasteiger partial charge in [0.15, 0.2) is 11.8 Å². The zero-order valence-electron chi connectivity index (χ0n) is 19.8. The van der Waals surface area contributed by atoms with E-state index >= 15 is 0 Å². The first-order valence-corrected chi connectivity index (χ1v) is 11.3. The van der Waals surface area contributed by atoms with Gasteiger partial charge in [0, 0.05) is 17.4 Å². The maximum atomic E-state index is 12.9. The highest BCUT2D eigenvalue weighted by Crippen LogP contribution is 2.29. The van der Waals surface area contributed by atoms with E-state index in [1.807, 2.05) is 6.07 Å². The van der Waals surface area contributed by atoms with E-state index in [2.05, 4.69) is 26.7 Å². The lowest BCUT2D eigenvalue weighted by Crippen LogP contribution is -2.22. The highest BCUT2D eigenvalue weighted by molar-refractivity contribution is 5.95. The van der Waals surface area contributed by atoms with Gasteiger partial charge in [-0.25, -0.2) is 4.98 Å². The smallest absolute Gasteiger partial charge is 0.369 e. The average molecular weight is 515 g/mol. The quantitative estimate of drug-likeness (QED) is 0.220. The number of nitrogens with zero attached hydrogens (tertiary/aromatic N) is 3. The summed E-state index contributed by atoms with van der Waals surface area (Å²) in [5.41, 5.74) is 8.54. The van der Waals surface area contributed by atoms with E-state index < -0.39 is 17.6 Å². The Morgan fingerprint density at radius 1 is 0.947 bits per heavy atom. The monoisotopic (exact) mass is 514 g/mol. The fraction of sp³-hybridized carbons (Fsp3) is 0.0714. The number of hydrogen-bond acceptors (Lipinski definition) is 4. The van der Waals surface area contributed by atoms with Gasteiger partial charge >= 0.3 is 6.18 Å². The van der Waals surface area contributed by atoms with Crippen molar-refractivity contribution in [3.63, 3.8) is 0 Å². The van der Waals surface area contributed by atoms with Crippen molar-refractivity contribution in [2.24, 2.45) is 10.7 Å². The van der Waals surface area contributed by atoms with E-state index in [1.54, 1.807) is 60.8 Å². The molecule has 4 aromatic rings. The maximum absolute atomic E-state index is 12.9. The number of halogens is 3. The van der Waals surface area contributed by atoms with E-state index in [0.717, 1.165) is 23.3 Å². The molecule has 1 aromatic heterocycles. The molecule has 4 rings (SSSR count). The van der Waals surface area contributed by atoms with E-state index in [9.17, 15) is 23.2 Å². The van der Waals surface area contributed by atoms with Gasteiger partial charge in [-0.2, -0.15) is 23.4 Å². The van der Waals surface area contributed by atoms with Gasteiger partial charge in [-0.05, 0) is 53.6 Å². The molecule has 7 nitrogen and oxygen atoms in total. The topological polar surface area (TPSA) is 116 Å². The number of para-hydroxylation sites is 1. The Kier molecular flexibility index (Phi) is 7.68. The Morgan fingerprint density at radius 3 is 2.37 bits per heavy atom. The summed E-state index contributed by atoms with van der Waals surface area (Å²) in [7, 11) is 0. The van der Waals surface area contributed by atoms with Crippen molar-refractivity contribution < 1.29 is 18.0 Å². The molecule has 0 aliphatic heterocycles. The average Bonchev–Trinajstić information content (AvgIpc) is 2.89. The second-order valence-electron chi connectivity index (χ2n) is 8.18. The molecule has 4 N–H and O–H groups in total. The molecule has 1 amide bonds. The summed E-state index contributed by atoms with van der Waals surface area (Å²) in [6, 6.07) is 24.1. The fourth-order valence-electron chi connectivity index (χ4n) is 3.60. The Bertz CT molecular complexity index is 1510. The van der Waals surface area contributed by atoms with Gasteiger partial charge in [-0.15, -0.1) is 0 Å². The molecule has 0 spiro atoms. The molecule has 0 saturated carbocycles. The number of aliphatic imine (C=N–C) groups is 1. The molecule has 0 bridgehead atoms. The first-order chi connectivity index (χ1) is 18.2. The molecule has 0 unspecified atom stereocenters. The van der Waals surface area contributed by atoms with Crippen molar-refractivity contribution in [3.05, 3.63) is 108 Å². The van der Waals surface area contributed by atoms with Crippen LogP contribution in [0.15, 0.2) is 96.1 Å². The van der Waals surface area contributed by atoms with Crippen LogP contribution in [0.5, 0.6) is 0 Å². The van der Waals surface area contributed by atoms with Gasteiger partial charge < -0.3 is 16.4 Å². The zero-order valence-corrected chi connectivity index (χ0v) is 19.8. The van der Waals surface area contributed by atoms with Crippen LogP contribution in [0.1, 0.15) is 16.7 Å². The fourth-order valence-corrected chi connectivity index (χ4v) is 3.60. The molecule has 10 heteroatoms. The van der Waals surface area contributed by atoms with Gasteiger partial charge in [0.1, 0.15) is 6.07 Å². The number of rotatable bonds is 6. The lowest BCUT2D eigenvalue weighted by molar-refractivity contribution is -0.137. The summed E-state index contributed by atoms with van der Waals surface area (Å²) in [6.45, 7) is 0. The Balaban J connectivity index is 1.37. The van der Waals surface area contributed by atoms with Crippen molar-refractivity contribution in [1.29, 1.82) is 5.26 Å². The Labute approximate surface area is 216 Å². The number of aromatic nitrogens is 1. The molecule has 0 fully saturated rings. The first-order valence-electron chi connectivity index (χ1n) is 11.3. The minimum absolute atomic E-state index is 0.0816. The van der Waals surface area contributed by atoms with Gasteiger partial charge in [0.2, 0.25) is 5.91 Å². The largest absolute Gasteiger partial charge is 0.416 e. The molecule has 0 aliphatic rings. The number of anilines is 2. The Morgan fingerprint density at radius 2 is 1.68 bits per heavy atom. The van der Waals surface area contributed by atoms with Crippen molar-refractivity contribution in [2.75, 3.05) is 10.6 Å². The molecule has 0 atom stereocenters. The standard InChI is InChI=1S/C28H21F3N6O/c29-28(30,31)22-6-3-4-18(14-22)15-26(38)35-23-11-8-19(9-12-23)21-10-13-25(34-17-21)37-27(33)36-24-7-2-1-5-20(24)16-32/h1-14,17H,15H2,(H,35,38)(H3,33,34,36,37). The van der Waals surface area contributed by atoms with Crippen LogP contribution in [0, 0.1) is 11.3 Å². The normalized spacial score (nSPS) is 11.5. The third kappa shape index (κ3) is 6.73. The van der Waals surface area contributed by atoms with E-state index in [-0.39, 0.29) is 17.9 Å². The van der Waals surface area contributed by atoms with E-state index in [0.29, 0.717) is 22.8 Å². The van der Waals surface area contributed by atoms with Crippen LogP contribution < -0.4 is 16.4 Å². The zero-order chi connectivity index (χ0) is 27.1. The van der Waals surface area contributed by atoms with Crippen molar-refractivity contribution >= 4 is 29.1 Å². The molecule has 0 radical (unpaired) electrons. The van der Waals surface area contributed by atoms with Crippen LogP contribution in [0.2, 0.25) is 0 Å². The van der Waals surface area contributed by atoms with Crippen LogP contribution in [0.4, 0.5) is 30.4 Å². The molecular formula is C28H21F3N6O. The van der Waals surface area contributed by atoms with Crippen molar-refractivity contribution in [1.82, 2.24) is 4.98 Å². The lowest BCUT2D eigenvalue weighted by atomic mass is 10.1. The number of nitriles is 1. The molecule has 0 saturated heterocycles. The van der Waals surface area contributed by atoms with E-state index in [4.69, 9.17) is 5.73 Å². The number of nitrogens with two attached hydrogens (primary N) is 1. The number of guanidine groups is 1. The number of nitrogens with one attached hydrogen (secondary N) is 2. The Hall–Kier alpha value is -5.17. The number of hydrogen-bond donors (Lipinski definition) is 3. The van der Waals surface area contributed by atoms with Gasteiger partial charge in [-0.1, -0.05) is 42.5 Å². The van der Waals surface area contributed by atoms with E-state index in [1.165, 1.54) is 12.1 Å². The van der Waals surface area contributed by atoms with Crippen LogP contribution in [-0.4, -0.2) is 16.9 Å². The molecule has 1 heterocycles. The summed E-state index contributed by atoms with van der Waals surface area (Å²) < 4.78 is 38.7. The van der Waals surface area contributed by atoms with Crippen LogP contribution in [-0.2, 0) is 17.4 Å². The number of benzene rings is 3. The van der Waals surface area contributed by atoms with Crippen molar-refractivity contribution in [3.8, 4) is 17.2 Å². The summed E-state index contributed by atoms with van der Waals surface area (Å²) in [5.74, 6) is 0.0226. The summed E-state index contributed by atoms with van der Waals surface area (Å²) in [4.78, 5) is 20.8. The van der Waals surface area contributed by atoms with Crippen LogP contribution in [0.3, 0.4) is 0 Å². The number of carbonyl (C=O) groups is 1. The molecule has 0 aliphatic carbocycles. The number of amides is 1. The minimum Gasteiger partial charge on any atom is -0.369 e. The first kappa shape index (κ1) is 25.9. The second-order valence-corrected chi connectivity index (χ2v) is 8.18. The third-order valence-corrected chi connectivity index (χ3v) is 5.41. The SMILES string of the molecule is N#Cc1ccccc1NC(N)=Nc1ccc(-c2ccc(NC(=O)Cc3cccc(C(F)(F)F)c3)cc2)cn1. The summed E-state index contributed by atoms with van der Waals surface area (Å²) in [5, 5.41) is 14.8. The van der Waals surface area contributed by atoms with Gasteiger partial charge in [-0.3, -0.25) is 4.79 Å². The number of pyridine rings is 1. The summed E-state index contributed by atoms with van der Waals surface area (Å²) in [6.07, 6.45) is -3.02. The molecule has 38 heavy (non-hydrogen) atoms. The summed E-state index contributed by atoms with van der Waals surface area (Å²) >= 11 is 0. The predicted octanol–water partition coefficient (Wildman–Crippen LogP) is 5.88. The molecule has 3 aromatic carbocycles. The third-order valence-electron chi connectivity index (χ3n) is 5.41. The van der Waals surface area contributed by atoms with Gasteiger partial charge in [0.05, 0.1) is 23.2 Å². The van der Waals surface area contributed by atoms with Crippen LogP contribution >= 0.6 is 0 Å². The molecule has 190 valence electrons. The minimum atomic E-state index is -4.46. The number of alkyl halides is 3. The predicted molar refractivity (Wildman–Crippen MR) is 140 cm³/mol. The van der Waals surface area contributed by atoms with Crippen LogP contribution in [0.25, 0.3) is 11.1 Å². The number of carbonyl (C=O) groups excluding carboxylic acids is 1. The maximum Gasteiger partial charge on any atom is 0.416 e. The van der Waals surface area contributed by atoms with Crippen molar-refractivity contribution in [2.45, 2.75) is 12.6 Å². The van der Waals surface area contributed by atoms with Gasteiger partial charge in [0.25, 0.3) is 0 Å². The highest BCUT2D eigenvalue weighted by atomic mass is 19.4. The lowest BCUT2D eigenvalue weighted by Gasteiger charge is -2.10.